The lowest BCUT2D eigenvalue weighted by atomic mass is 10.0. The number of pyridine rings is 2. The highest BCUT2D eigenvalue weighted by Crippen LogP contribution is 2.28. The molecule has 0 aliphatic carbocycles. The van der Waals surface area contributed by atoms with Gasteiger partial charge in [-0.2, -0.15) is 0 Å². The molecule has 2 heteroatoms. The van der Waals surface area contributed by atoms with Gasteiger partial charge in [-0.05, 0) is 37.1 Å². The molecule has 118 valence electrons. The van der Waals surface area contributed by atoms with E-state index in [0.29, 0.717) is 0 Å². The third-order valence-corrected chi connectivity index (χ3v) is 4.44. The second-order valence-electron chi connectivity index (χ2n) is 6.17. The number of unbranched alkanes of at least 4 members (excludes halogenated alkanes) is 1. The molecule has 2 nitrogen and oxygen atoms in total. The fraction of sp³-hybridized carbons (Fsp3) is 0.182. The van der Waals surface area contributed by atoms with Crippen LogP contribution in [0.5, 0.6) is 0 Å². The minimum Gasteiger partial charge on any atom is -0.252 e. The Balaban J connectivity index is 1.91. The molecule has 0 fully saturated rings. The summed E-state index contributed by atoms with van der Waals surface area (Å²) in [5.41, 5.74) is 5.42. The van der Waals surface area contributed by atoms with E-state index in [0.717, 1.165) is 40.8 Å². The van der Waals surface area contributed by atoms with Gasteiger partial charge in [0.05, 0.1) is 22.4 Å². The normalized spacial score (nSPS) is 11.2. The van der Waals surface area contributed by atoms with Crippen LogP contribution in [0.3, 0.4) is 0 Å². The van der Waals surface area contributed by atoms with Gasteiger partial charge >= 0.3 is 0 Å². The van der Waals surface area contributed by atoms with Gasteiger partial charge in [0.2, 0.25) is 0 Å². The molecule has 0 spiro atoms. The Bertz CT molecular complexity index is 1000. The van der Waals surface area contributed by atoms with Crippen molar-refractivity contribution < 1.29 is 0 Å². The Morgan fingerprint density at radius 1 is 0.750 bits per heavy atom. The van der Waals surface area contributed by atoms with E-state index in [1.165, 1.54) is 17.2 Å². The molecule has 4 rings (SSSR count). The lowest BCUT2D eigenvalue weighted by molar-refractivity contribution is 0.781. The number of aryl methyl sites for hydroxylation is 1. The molecule has 0 unspecified atom stereocenters. The van der Waals surface area contributed by atoms with Crippen LogP contribution in [0.2, 0.25) is 0 Å². The van der Waals surface area contributed by atoms with E-state index in [4.69, 9.17) is 9.97 Å². The molecule has 0 radical (unpaired) electrons. The number of para-hydroxylation sites is 2. The van der Waals surface area contributed by atoms with Crippen LogP contribution in [0.25, 0.3) is 33.1 Å². The standard InChI is InChI=1S/C22H20N2/c1-2-3-10-21-18(15-17-9-5-7-12-20(17)24-21)22-14-13-16-8-4-6-11-19(16)23-22/h4-9,11-15H,2-3,10H2,1H3. The molecule has 4 aromatic rings. The number of fused-ring (bicyclic) bond motifs is 2. The van der Waals surface area contributed by atoms with Gasteiger partial charge in [0.15, 0.2) is 0 Å². The number of benzene rings is 2. The number of rotatable bonds is 4. The molecule has 0 bridgehead atoms. The lowest BCUT2D eigenvalue weighted by Crippen LogP contribution is -1.97. The summed E-state index contributed by atoms with van der Waals surface area (Å²) in [6, 6.07) is 23.1. The van der Waals surface area contributed by atoms with Crippen molar-refractivity contribution >= 4 is 21.8 Å². The second kappa shape index (κ2) is 6.40. The molecule has 0 saturated carbocycles. The van der Waals surface area contributed by atoms with E-state index in [9.17, 15) is 0 Å². The Morgan fingerprint density at radius 2 is 1.46 bits per heavy atom. The molecular formula is C22H20N2. The maximum atomic E-state index is 4.93. The van der Waals surface area contributed by atoms with Gasteiger partial charge in [-0.15, -0.1) is 0 Å². The number of hydrogen-bond donors (Lipinski definition) is 0. The van der Waals surface area contributed by atoms with Crippen molar-refractivity contribution in [2.75, 3.05) is 0 Å². The second-order valence-corrected chi connectivity index (χ2v) is 6.17. The number of nitrogens with zero attached hydrogens (tertiary/aromatic N) is 2. The Labute approximate surface area is 142 Å². The molecule has 0 aliphatic heterocycles. The number of aromatic nitrogens is 2. The molecular weight excluding hydrogens is 292 g/mol. The third kappa shape index (κ3) is 2.76. The molecule has 2 aromatic heterocycles. The fourth-order valence-electron chi connectivity index (χ4n) is 3.13. The van der Waals surface area contributed by atoms with Gasteiger partial charge < -0.3 is 0 Å². The first-order chi connectivity index (χ1) is 11.8. The van der Waals surface area contributed by atoms with Crippen molar-refractivity contribution in [3.8, 4) is 11.3 Å². The third-order valence-electron chi connectivity index (χ3n) is 4.44. The highest BCUT2D eigenvalue weighted by Gasteiger charge is 2.10. The summed E-state index contributed by atoms with van der Waals surface area (Å²) >= 11 is 0. The van der Waals surface area contributed by atoms with Crippen molar-refractivity contribution in [2.45, 2.75) is 26.2 Å². The van der Waals surface area contributed by atoms with E-state index in [1.54, 1.807) is 0 Å². The van der Waals surface area contributed by atoms with Gasteiger partial charge in [0.25, 0.3) is 0 Å². The van der Waals surface area contributed by atoms with Crippen LogP contribution in [-0.4, -0.2) is 9.97 Å². The topological polar surface area (TPSA) is 25.8 Å². The molecule has 2 aromatic carbocycles. The minimum atomic E-state index is 0.991. The minimum absolute atomic E-state index is 0.991. The Morgan fingerprint density at radius 3 is 2.25 bits per heavy atom. The first kappa shape index (κ1) is 14.8. The van der Waals surface area contributed by atoms with Crippen LogP contribution in [0.4, 0.5) is 0 Å². The first-order valence-corrected chi connectivity index (χ1v) is 8.60. The van der Waals surface area contributed by atoms with Crippen molar-refractivity contribution in [1.82, 2.24) is 9.97 Å². The van der Waals surface area contributed by atoms with E-state index in [-0.39, 0.29) is 0 Å². The van der Waals surface area contributed by atoms with Crippen LogP contribution in [0.1, 0.15) is 25.5 Å². The van der Waals surface area contributed by atoms with Crippen molar-refractivity contribution in [2.24, 2.45) is 0 Å². The quantitative estimate of drug-likeness (QED) is 0.476. The largest absolute Gasteiger partial charge is 0.252 e. The maximum Gasteiger partial charge on any atom is 0.0728 e. The van der Waals surface area contributed by atoms with Crippen molar-refractivity contribution in [3.05, 3.63) is 72.4 Å². The van der Waals surface area contributed by atoms with Gasteiger partial charge in [0, 0.05) is 16.3 Å². The van der Waals surface area contributed by atoms with Crippen molar-refractivity contribution in [3.63, 3.8) is 0 Å². The maximum absolute atomic E-state index is 4.93. The van der Waals surface area contributed by atoms with E-state index in [2.05, 4.69) is 55.5 Å². The molecule has 0 N–H and O–H groups in total. The Hall–Kier alpha value is -2.74. The number of hydrogen-bond acceptors (Lipinski definition) is 2. The predicted molar refractivity (Wildman–Crippen MR) is 101 cm³/mol. The van der Waals surface area contributed by atoms with E-state index >= 15 is 0 Å². The zero-order chi connectivity index (χ0) is 16.4. The summed E-state index contributed by atoms with van der Waals surface area (Å²) in [6.45, 7) is 2.22. The van der Waals surface area contributed by atoms with Crippen LogP contribution >= 0.6 is 0 Å². The lowest BCUT2D eigenvalue weighted by Gasteiger charge is -2.11. The summed E-state index contributed by atoms with van der Waals surface area (Å²) in [5.74, 6) is 0. The molecule has 0 atom stereocenters. The smallest absolute Gasteiger partial charge is 0.0728 e. The fourth-order valence-corrected chi connectivity index (χ4v) is 3.13. The predicted octanol–water partition coefficient (Wildman–Crippen LogP) is 5.79. The highest BCUT2D eigenvalue weighted by molar-refractivity contribution is 5.86. The molecule has 0 aliphatic rings. The van der Waals surface area contributed by atoms with Gasteiger partial charge in [0.1, 0.15) is 0 Å². The summed E-state index contributed by atoms with van der Waals surface area (Å²) in [4.78, 5) is 9.81. The molecule has 0 amide bonds. The van der Waals surface area contributed by atoms with Gasteiger partial charge in [-0.1, -0.05) is 55.8 Å². The van der Waals surface area contributed by atoms with Crippen LogP contribution in [0.15, 0.2) is 66.7 Å². The zero-order valence-corrected chi connectivity index (χ0v) is 13.9. The van der Waals surface area contributed by atoms with Crippen LogP contribution in [0, 0.1) is 0 Å². The van der Waals surface area contributed by atoms with Crippen LogP contribution < -0.4 is 0 Å². The van der Waals surface area contributed by atoms with Crippen LogP contribution in [-0.2, 0) is 6.42 Å². The van der Waals surface area contributed by atoms with Gasteiger partial charge in [-0.25, -0.2) is 4.98 Å². The monoisotopic (exact) mass is 312 g/mol. The molecule has 24 heavy (non-hydrogen) atoms. The summed E-state index contributed by atoms with van der Waals surface area (Å²) < 4.78 is 0. The Kier molecular flexibility index (Phi) is 3.96. The van der Waals surface area contributed by atoms with E-state index in [1.807, 2.05) is 18.2 Å². The molecule has 0 saturated heterocycles. The average Bonchev–Trinajstić information content (AvgIpc) is 2.65. The average molecular weight is 312 g/mol. The highest BCUT2D eigenvalue weighted by atomic mass is 14.7. The van der Waals surface area contributed by atoms with Crippen molar-refractivity contribution in [1.29, 1.82) is 0 Å². The zero-order valence-electron chi connectivity index (χ0n) is 13.9. The summed E-state index contributed by atoms with van der Waals surface area (Å²) in [7, 11) is 0. The first-order valence-electron chi connectivity index (χ1n) is 8.60. The van der Waals surface area contributed by atoms with Gasteiger partial charge in [-0.3, -0.25) is 4.98 Å². The summed E-state index contributed by atoms with van der Waals surface area (Å²) in [5, 5.41) is 2.34. The molecule has 2 heterocycles. The summed E-state index contributed by atoms with van der Waals surface area (Å²) in [6.07, 6.45) is 3.30. The SMILES string of the molecule is CCCCc1nc2ccccc2cc1-c1ccc2ccccc2n1. The van der Waals surface area contributed by atoms with E-state index < -0.39 is 0 Å².